The number of anilines is 2. The number of carbonyl (C=O) groups is 2. The zero-order valence-corrected chi connectivity index (χ0v) is 15.1. The van der Waals surface area contributed by atoms with Crippen molar-refractivity contribution < 1.29 is 9.59 Å². The third-order valence-electron chi connectivity index (χ3n) is 4.72. The molecule has 2 amide bonds. The summed E-state index contributed by atoms with van der Waals surface area (Å²) in [5, 5.41) is 5.71. The SMILES string of the molecule is CC(=O)Nc1ccc(CC(=O)Nc2ccc3c(c2)-c2ccccc2C3)cc1. The van der Waals surface area contributed by atoms with Crippen molar-refractivity contribution in [2.75, 3.05) is 10.6 Å². The van der Waals surface area contributed by atoms with Gasteiger partial charge in [-0.15, -0.1) is 0 Å². The first-order chi connectivity index (χ1) is 13.1. The molecule has 0 aliphatic heterocycles. The van der Waals surface area contributed by atoms with Crippen LogP contribution in [0.2, 0.25) is 0 Å². The van der Waals surface area contributed by atoms with E-state index in [-0.39, 0.29) is 18.2 Å². The molecular weight excluding hydrogens is 336 g/mol. The van der Waals surface area contributed by atoms with Gasteiger partial charge >= 0.3 is 0 Å². The van der Waals surface area contributed by atoms with Crippen molar-refractivity contribution in [3.05, 3.63) is 83.4 Å². The molecule has 27 heavy (non-hydrogen) atoms. The summed E-state index contributed by atoms with van der Waals surface area (Å²) in [5.74, 6) is -0.174. The Labute approximate surface area is 158 Å². The third kappa shape index (κ3) is 3.75. The molecule has 0 saturated carbocycles. The van der Waals surface area contributed by atoms with Crippen LogP contribution in [0.4, 0.5) is 11.4 Å². The predicted octanol–water partition coefficient (Wildman–Crippen LogP) is 4.40. The zero-order valence-electron chi connectivity index (χ0n) is 15.1. The summed E-state index contributed by atoms with van der Waals surface area (Å²) >= 11 is 0. The molecule has 0 atom stereocenters. The highest BCUT2D eigenvalue weighted by molar-refractivity contribution is 5.94. The molecule has 4 nitrogen and oxygen atoms in total. The van der Waals surface area contributed by atoms with Crippen LogP contribution >= 0.6 is 0 Å². The number of rotatable bonds is 4. The molecule has 3 aromatic carbocycles. The molecule has 4 heteroatoms. The summed E-state index contributed by atoms with van der Waals surface area (Å²) in [7, 11) is 0. The number of hydrogen-bond donors (Lipinski definition) is 2. The van der Waals surface area contributed by atoms with E-state index in [9.17, 15) is 9.59 Å². The fourth-order valence-electron chi connectivity index (χ4n) is 3.50. The van der Waals surface area contributed by atoms with E-state index in [4.69, 9.17) is 0 Å². The fourth-order valence-corrected chi connectivity index (χ4v) is 3.50. The van der Waals surface area contributed by atoms with Crippen LogP contribution in [0.15, 0.2) is 66.7 Å². The maximum absolute atomic E-state index is 12.4. The Morgan fingerprint density at radius 2 is 1.52 bits per heavy atom. The summed E-state index contributed by atoms with van der Waals surface area (Å²) in [6, 6.07) is 21.8. The van der Waals surface area contributed by atoms with E-state index in [2.05, 4.69) is 41.0 Å². The van der Waals surface area contributed by atoms with Gasteiger partial charge in [0.05, 0.1) is 6.42 Å². The number of amides is 2. The first-order valence-electron chi connectivity index (χ1n) is 8.96. The van der Waals surface area contributed by atoms with E-state index in [1.165, 1.54) is 29.2 Å². The fraction of sp³-hybridized carbons (Fsp3) is 0.130. The first kappa shape index (κ1) is 17.0. The smallest absolute Gasteiger partial charge is 0.228 e. The molecule has 0 unspecified atom stereocenters. The highest BCUT2D eigenvalue weighted by Crippen LogP contribution is 2.37. The van der Waals surface area contributed by atoms with Crippen LogP contribution in [0.3, 0.4) is 0 Å². The van der Waals surface area contributed by atoms with Crippen LogP contribution in [-0.4, -0.2) is 11.8 Å². The summed E-state index contributed by atoms with van der Waals surface area (Å²) < 4.78 is 0. The van der Waals surface area contributed by atoms with E-state index in [1.807, 2.05) is 24.3 Å². The predicted molar refractivity (Wildman–Crippen MR) is 108 cm³/mol. The molecule has 3 aromatic rings. The second kappa shape index (κ2) is 7.08. The third-order valence-corrected chi connectivity index (χ3v) is 4.72. The largest absolute Gasteiger partial charge is 0.326 e. The normalized spacial score (nSPS) is 11.4. The minimum atomic E-state index is -0.112. The molecule has 0 radical (unpaired) electrons. The standard InChI is InChI=1S/C23H20N2O2/c1-15(26)24-19-9-6-16(7-10-19)12-23(27)25-20-11-8-18-13-17-4-2-3-5-21(17)22(18)14-20/h2-11,14H,12-13H2,1H3,(H,24,26)(H,25,27). The van der Waals surface area contributed by atoms with Crippen LogP contribution < -0.4 is 10.6 Å². The highest BCUT2D eigenvalue weighted by atomic mass is 16.2. The second-order valence-electron chi connectivity index (χ2n) is 6.81. The number of fused-ring (bicyclic) bond motifs is 3. The lowest BCUT2D eigenvalue weighted by molar-refractivity contribution is -0.116. The average Bonchev–Trinajstić information content (AvgIpc) is 3.01. The van der Waals surface area contributed by atoms with Crippen molar-refractivity contribution in [3.8, 4) is 11.1 Å². The van der Waals surface area contributed by atoms with Gasteiger partial charge in [0.2, 0.25) is 11.8 Å². The van der Waals surface area contributed by atoms with E-state index in [0.29, 0.717) is 0 Å². The summed E-state index contributed by atoms with van der Waals surface area (Å²) in [6.45, 7) is 1.47. The Bertz CT molecular complexity index is 1020. The molecule has 134 valence electrons. The van der Waals surface area contributed by atoms with Crippen LogP contribution in [0.5, 0.6) is 0 Å². The van der Waals surface area contributed by atoms with E-state index >= 15 is 0 Å². The summed E-state index contributed by atoms with van der Waals surface area (Å²) in [4.78, 5) is 23.5. The van der Waals surface area contributed by atoms with Gasteiger partial charge in [-0.05, 0) is 58.5 Å². The Balaban J connectivity index is 1.44. The zero-order chi connectivity index (χ0) is 18.8. The van der Waals surface area contributed by atoms with Gasteiger partial charge in [0.1, 0.15) is 0 Å². The molecule has 0 bridgehead atoms. The van der Waals surface area contributed by atoms with Gasteiger partial charge in [-0.2, -0.15) is 0 Å². The molecule has 1 aliphatic rings. The van der Waals surface area contributed by atoms with Gasteiger partial charge in [-0.25, -0.2) is 0 Å². The van der Waals surface area contributed by atoms with Gasteiger partial charge in [0, 0.05) is 18.3 Å². The van der Waals surface area contributed by atoms with Crippen LogP contribution in [0.1, 0.15) is 23.6 Å². The average molecular weight is 356 g/mol. The van der Waals surface area contributed by atoms with Crippen LogP contribution in [-0.2, 0) is 22.4 Å². The maximum atomic E-state index is 12.4. The molecule has 0 fully saturated rings. The van der Waals surface area contributed by atoms with Gasteiger partial charge < -0.3 is 10.6 Å². The summed E-state index contributed by atoms with van der Waals surface area (Å²) in [5.41, 5.74) is 7.50. The molecule has 0 heterocycles. The topological polar surface area (TPSA) is 58.2 Å². The van der Waals surface area contributed by atoms with Crippen molar-refractivity contribution in [3.63, 3.8) is 0 Å². The number of hydrogen-bond acceptors (Lipinski definition) is 2. The lowest BCUT2D eigenvalue weighted by Crippen LogP contribution is -2.14. The Morgan fingerprint density at radius 3 is 2.30 bits per heavy atom. The lowest BCUT2D eigenvalue weighted by atomic mass is 10.1. The van der Waals surface area contributed by atoms with Gasteiger partial charge in [0.25, 0.3) is 0 Å². The maximum Gasteiger partial charge on any atom is 0.228 e. The molecule has 0 spiro atoms. The monoisotopic (exact) mass is 356 g/mol. The number of carbonyl (C=O) groups excluding carboxylic acids is 2. The Kier molecular flexibility index (Phi) is 4.47. The van der Waals surface area contributed by atoms with Crippen molar-refractivity contribution in [1.29, 1.82) is 0 Å². The lowest BCUT2D eigenvalue weighted by Gasteiger charge is -2.09. The van der Waals surface area contributed by atoms with E-state index in [0.717, 1.165) is 23.4 Å². The molecule has 0 saturated heterocycles. The minimum Gasteiger partial charge on any atom is -0.326 e. The van der Waals surface area contributed by atoms with Crippen molar-refractivity contribution in [2.45, 2.75) is 19.8 Å². The summed E-state index contributed by atoms with van der Waals surface area (Å²) in [6.07, 6.45) is 1.23. The molecule has 2 N–H and O–H groups in total. The molecular formula is C23H20N2O2. The Hall–Kier alpha value is -3.40. The second-order valence-corrected chi connectivity index (χ2v) is 6.81. The van der Waals surface area contributed by atoms with Crippen LogP contribution in [0, 0.1) is 0 Å². The number of nitrogens with one attached hydrogen (secondary N) is 2. The van der Waals surface area contributed by atoms with Crippen molar-refractivity contribution in [2.24, 2.45) is 0 Å². The highest BCUT2D eigenvalue weighted by Gasteiger charge is 2.18. The minimum absolute atomic E-state index is 0.0616. The molecule has 1 aliphatic carbocycles. The number of benzene rings is 3. The Morgan fingerprint density at radius 1 is 0.815 bits per heavy atom. The molecule has 0 aromatic heterocycles. The van der Waals surface area contributed by atoms with Gasteiger partial charge in [-0.1, -0.05) is 42.5 Å². The van der Waals surface area contributed by atoms with Gasteiger partial charge in [0.15, 0.2) is 0 Å². The van der Waals surface area contributed by atoms with Crippen molar-refractivity contribution in [1.82, 2.24) is 0 Å². The van der Waals surface area contributed by atoms with Crippen LogP contribution in [0.25, 0.3) is 11.1 Å². The first-order valence-corrected chi connectivity index (χ1v) is 8.96. The van der Waals surface area contributed by atoms with Gasteiger partial charge in [-0.3, -0.25) is 9.59 Å². The molecule has 4 rings (SSSR count). The van der Waals surface area contributed by atoms with Crippen molar-refractivity contribution >= 4 is 23.2 Å². The quantitative estimate of drug-likeness (QED) is 0.569. The van der Waals surface area contributed by atoms with E-state index in [1.54, 1.807) is 12.1 Å². The van der Waals surface area contributed by atoms with E-state index < -0.39 is 0 Å².